The number of thiazole rings is 1. The highest BCUT2D eigenvalue weighted by molar-refractivity contribution is 7.22. The molecule has 1 unspecified atom stereocenters. The van der Waals surface area contributed by atoms with Crippen LogP contribution < -0.4 is 10.6 Å². The Kier molecular flexibility index (Phi) is 3.91. The maximum Gasteiger partial charge on any atom is 0.247 e. The maximum absolute atomic E-state index is 12.5. The Morgan fingerprint density at radius 1 is 1.41 bits per heavy atom. The third-order valence-corrected chi connectivity index (χ3v) is 4.40. The van der Waals surface area contributed by atoms with E-state index in [1.165, 1.54) is 11.3 Å². The van der Waals surface area contributed by atoms with Crippen molar-refractivity contribution in [3.63, 3.8) is 0 Å². The highest BCUT2D eigenvalue weighted by atomic mass is 32.1. The second kappa shape index (κ2) is 5.86. The molecule has 3 rings (SSSR count). The molecule has 114 valence electrons. The van der Waals surface area contributed by atoms with Crippen molar-refractivity contribution in [2.45, 2.75) is 13.0 Å². The molecule has 0 saturated heterocycles. The van der Waals surface area contributed by atoms with Gasteiger partial charge in [-0.05, 0) is 25.6 Å². The second-order valence-corrected chi connectivity index (χ2v) is 6.13. The van der Waals surface area contributed by atoms with Crippen LogP contribution in [-0.4, -0.2) is 27.7 Å². The van der Waals surface area contributed by atoms with Gasteiger partial charge in [0.05, 0.1) is 16.4 Å². The Morgan fingerprint density at radius 2 is 2.23 bits per heavy atom. The Balaban J connectivity index is 1.84. The van der Waals surface area contributed by atoms with Crippen molar-refractivity contribution in [2.24, 2.45) is 7.05 Å². The summed E-state index contributed by atoms with van der Waals surface area (Å²) in [7, 11) is 3.57. The lowest BCUT2D eigenvalue weighted by Crippen LogP contribution is -2.30. The van der Waals surface area contributed by atoms with Crippen LogP contribution in [-0.2, 0) is 11.8 Å². The van der Waals surface area contributed by atoms with Crippen molar-refractivity contribution < 1.29 is 4.79 Å². The van der Waals surface area contributed by atoms with Gasteiger partial charge in [0.1, 0.15) is 6.04 Å². The number of amides is 1. The molecule has 6 nitrogen and oxygen atoms in total. The van der Waals surface area contributed by atoms with Gasteiger partial charge in [-0.3, -0.25) is 9.48 Å². The summed E-state index contributed by atoms with van der Waals surface area (Å²) in [5.74, 6) is -0.146. The van der Waals surface area contributed by atoms with Gasteiger partial charge in [0.2, 0.25) is 5.91 Å². The molecule has 1 amide bonds. The third kappa shape index (κ3) is 2.72. The fourth-order valence-corrected chi connectivity index (χ4v) is 3.30. The minimum atomic E-state index is -0.457. The monoisotopic (exact) mass is 315 g/mol. The molecule has 0 radical (unpaired) electrons. The Hall–Kier alpha value is -2.25. The van der Waals surface area contributed by atoms with Crippen LogP contribution in [0.15, 0.2) is 30.6 Å². The molecule has 0 saturated carbocycles. The van der Waals surface area contributed by atoms with Crippen LogP contribution in [0.1, 0.15) is 17.2 Å². The normalized spacial score (nSPS) is 12.5. The van der Waals surface area contributed by atoms with E-state index >= 15 is 0 Å². The summed E-state index contributed by atoms with van der Waals surface area (Å²) < 4.78 is 2.74. The maximum atomic E-state index is 12.5. The molecule has 2 heterocycles. The van der Waals surface area contributed by atoms with Gasteiger partial charge < -0.3 is 10.6 Å². The molecule has 2 N–H and O–H groups in total. The van der Waals surface area contributed by atoms with Gasteiger partial charge in [0.25, 0.3) is 0 Å². The molecule has 3 aromatic rings. The van der Waals surface area contributed by atoms with Crippen LogP contribution in [0, 0.1) is 6.92 Å². The van der Waals surface area contributed by atoms with E-state index in [1.807, 2.05) is 38.4 Å². The van der Waals surface area contributed by atoms with Gasteiger partial charge >= 0.3 is 0 Å². The van der Waals surface area contributed by atoms with Crippen LogP contribution in [0.2, 0.25) is 0 Å². The highest BCUT2D eigenvalue weighted by Gasteiger charge is 2.21. The number of carbonyl (C=O) groups excluding carboxylic acids is 1. The average Bonchev–Trinajstić information content (AvgIpc) is 3.07. The zero-order valence-corrected chi connectivity index (χ0v) is 13.4. The van der Waals surface area contributed by atoms with Gasteiger partial charge in [0.15, 0.2) is 5.13 Å². The molecular weight excluding hydrogens is 298 g/mol. The molecule has 2 aromatic heterocycles. The number of benzene rings is 1. The van der Waals surface area contributed by atoms with Crippen molar-refractivity contribution >= 4 is 32.6 Å². The van der Waals surface area contributed by atoms with Gasteiger partial charge in [0, 0.05) is 18.8 Å². The number of para-hydroxylation sites is 1. The smallest absolute Gasteiger partial charge is 0.247 e. The highest BCUT2D eigenvalue weighted by Crippen LogP contribution is 2.28. The topological polar surface area (TPSA) is 71.8 Å². The van der Waals surface area contributed by atoms with E-state index in [9.17, 15) is 4.79 Å². The summed E-state index contributed by atoms with van der Waals surface area (Å²) in [6, 6.07) is 5.56. The Morgan fingerprint density at radius 3 is 2.86 bits per heavy atom. The molecule has 1 aromatic carbocycles. The number of carbonyl (C=O) groups is 1. The standard InChI is InChI=1S/C15H17N5OS/c1-9-5-4-6-11-12(9)18-15(22-11)19-14(21)13(16-2)10-7-17-20(3)8-10/h4-8,13,16H,1-3H3,(H,18,19,21). The van der Waals surface area contributed by atoms with Gasteiger partial charge in [-0.15, -0.1) is 0 Å². The van der Waals surface area contributed by atoms with E-state index in [1.54, 1.807) is 17.9 Å². The van der Waals surface area contributed by atoms with Crippen LogP contribution in [0.4, 0.5) is 5.13 Å². The molecule has 0 spiro atoms. The third-order valence-electron chi connectivity index (χ3n) is 3.46. The molecule has 0 fully saturated rings. The summed E-state index contributed by atoms with van der Waals surface area (Å²) in [4.78, 5) is 17.0. The number of nitrogens with zero attached hydrogens (tertiary/aromatic N) is 3. The number of hydrogen-bond acceptors (Lipinski definition) is 5. The van der Waals surface area contributed by atoms with Crippen LogP contribution in [0.3, 0.4) is 0 Å². The first-order valence-corrected chi connectivity index (χ1v) is 7.73. The van der Waals surface area contributed by atoms with E-state index in [2.05, 4.69) is 20.7 Å². The summed E-state index contributed by atoms with van der Waals surface area (Å²) in [5.41, 5.74) is 2.86. The SMILES string of the molecule is CNC(C(=O)Nc1nc2c(C)cccc2s1)c1cnn(C)c1. The van der Waals surface area contributed by atoms with Crippen molar-refractivity contribution in [2.75, 3.05) is 12.4 Å². The minimum Gasteiger partial charge on any atom is -0.305 e. The van der Waals surface area contributed by atoms with E-state index in [0.29, 0.717) is 5.13 Å². The number of hydrogen-bond donors (Lipinski definition) is 2. The Bertz CT molecular complexity index is 822. The van der Waals surface area contributed by atoms with Gasteiger partial charge in [-0.2, -0.15) is 5.10 Å². The summed E-state index contributed by atoms with van der Waals surface area (Å²) in [6.45, 7) is 2.01. The van der Waals surface area contributed by atoms with Crippen molar-refractivity contribution in [1.82, 2.24) is 20.1 Å². The number of aromatic nitrogens is 3. The molecule has 0 bridgehead atoms. The van der Waals surface area contributed by atoms with E-state index < -0.39 is 6.04 Å². The molecule has 0 aliphatic rings. The molecule has 0 aliphatic carbocycles. The predicted molar refractivity (Wildman–Crippen MR) is 88.0 cm³/mol. The van der Waals surface area contributed by atoms with E-state index in [-0.39, 0.29) is 5.91 Å². The molecular formula is C15H17N5OS. The Labute approximate surface area is 132 Å². The van der Waals surface area contributed by atoms with Crippen molar-refractivity contribution in [3.05, 3.63) is 41.7 Å². The quantitative estimate of drug-likeness (QED) is 0.774. The molecule has 7 heteroatoms. The first-order chi connectivity index (χ1) is 10.6. The number of fused-ring (bicyclic) bond motifs is 1. The second-order valence-electron chi connectivity index (χ2n) is 5.10. The van der Waals surface area contributed by atoms with Gasteiger partial charge in [-0.25, -0.2) is 4.98 Å². The summed E-state index contributed by atoms with van der Waals surface area (Å²) in [5, 5.41) is 10.6. The predicted octanol–water partition coefficient (Wildman–Crippen LogP) is 2.24. The molecule has 22 heavy (non-hydrogen) atoms. The fraction of sp³-hybridized carbons (Fsp3) is 0.267. The zero-order valence-electron chi connectivity index (χ0n) is 12.6. The van der Waals surface area contributed by atoms with Gasteiger partial charge in [-0.1, -0.05) is 23.5 Å². The summed E-state index contributed by atoms with van der Waals surface area (Å²) in [6.07, 6.45) is 3.51. The first kappa shape index (κ1) is 14.7. The van der Waals surface area contributed by atoms with E-state index in [4.69, 9.17) is 0 Å². The van der Waals surface area contributed by atoms with Crippen LogP contribution in [0.5, 0.6) is 0 Å². The molecule has 1 atom stereocenters. The first-order valence-electron chi connectivity index (χ1n) is 6.91. The lowest BCUT2D eigenvalue weighted by molar-refractivity contribution is -0.118. The number of aryl methyl sites for hydroxylation is 2. The zero-order chi connectivity index (χ0) is 15.7. The average molecular weight is 315 g/mol. The van der Waals surface area contributed by atoms with Crippen molar-refractivity contribution in [1.29, 1.82) is 0 Å². The number of anilines is 1. The lowest BCUT2D eigenvalue weighted by atomic mass is 10.1. The van der Waals surface area contributed by atoms with Crippen LogP contribution in [0.25, 0.3) is 10.2 Å². The number of rotatable bonds is 4. The minimum absolute atomic E-state index is 0.146. The van der Waals surface area contributed by atoms with Crippen LogP contribution >= 0.6 is 11.3 Å². The summed E-state index contributed by atoms with van der Waals surface area (Å²) >= 11 is 1.48. The fourth-order valence-electron chi connectivity index (χ4n) is 2.36. The van der Waals surface area contributed by atoms with Crippen molar-refractivity contribution in [3.8, 4) is 0 Å². The van der Waals surface area contributed by atoms with E-state index in [0.717, 1.165) is 21.3 Å². The largest absolute Gasteiger partial charge is 0.305 e. The number of likely N-dealkylation sites (N-methyl/N-ethyl adjacent to an activating group) is 1. The number of nitrogens with one attached hydrogen (secondary N) is 2. The molecule has 0 aliphatic heterocycles. The lowest BCUT2D eigenvalue weighted by Gasteiger charge is -2.12.